The van der Waals surface area contributed by atoms with Gasteiger partial charge in [-0.3, -0.25) is 4.79 Å². The van der Waals surface area contributed by atoms with E-state index in [4.69, 9.17) is 14.6 Å². The van der Waals surface area contributed by atoms with Crippen LogP contribution >= 0.6 is 0 Å². The van der Waals surface area contributed by atoms with Crippen LogP contribution in [0.5, 0.6) is 11.5 Å². The van der Waals surface area contributed by atoms with Gasteiger partial charge in [-0.25, -0.2) is 4.79 Å². The molecule has 0 aliphatic carbocycles. The summed E-state index contributed by atoms with van der Waals surface area (Å²) in [6, 6.07) is 5.77. The number of hydrogen-bond acceptors (Lipinski definition) is 4. The van der Waals surface area contributed by atoms with Crippen molar-refractivity contribution in [3.05, 3.63) is 46.3 Å². The van der Waals surface area contributed by atoms with Gasteiger partial charge in [-0.05, 0) is 37.5 Å². The normalized spacial score (nSPS) is 15.7. The summed E-state index contributed by atoms with van der Waals surface area (Å²) in [6.45, 7) is 4.26. The number of carbonyl (C=O) groups excluding carboxylic acids is 1. The van der Waals surface area contributed by atoms with Gasteiger partial charge in [0.15, 0.2) is 11.5 Å². The van der Waals surface area contributed by atoms with Crippen molar-refractivity contribution in [1.82, 2.24) is 10.3 Å². The number of ether oxygens (including phenoxy) is 2. The van der Waals surface area contributed by atoms with E-state index in [0.29, 0.717) is 35.7 Å². The molecular formula is C19H22N2O5. The molecule has 1 amide bonds. The molecule has 0 spiro atoms. The number of rotatable bonds is 5. The van der Waals surface area contributed by atoms with Gasteiger partial charge in [0.1, 0.15) is 5.69 Å². The number of carboxylic acid groups (broad SMARTS) is 1. The molecule has 0 saturated heterocycles. The fourth-order valence-corrected chi connectivity index (χ4v) is 3.38. The Labute approximate surface area is 151 Å². The molecule has 1 unspecified atom stereocenters. The zero-order valence-corrected chi connectivity index (χ0v) is 15.0. The molecule has 138 valence electrons. The number of carbonyl (C=O) groups is 2. The maximum Gasteiger partial charge on any atom is 0.352 e. The van der Waals surface area contributed by atoms with E-state index in [1.54, 1.807) is 21.0 Å². The van der Waals surface area contributed by atoms with E-state index in [1.807, 2.05) is 18.2 Å². The van der Waals surface area contributed by atoms with E-state index in [9.17, 15) is 9.59 Å². The average molecular weight is 358 g/mol. The Hall–Kier alpha value is -2.96. The predicted octanol–water partition coefficient (Wildman–Crippen LogP) is 2.32. The van der Waals surface area contributed by atoms with Crippen molar-refractivity contribution in [1.29, 1.82) is 0 Å². The molecule has 0 bridgehead atoms. The molecule has 1 atom stereocenters. The monoisotopic (exact) mass is 358 g/mol. The Morgan fingerprint density at radius 1 is 1.38 bits per heavy atom. The van der Waals surface area contributed by atoms with Gasteiger partial charge in [0.2, 0.25) is 0 Å². The number of aromatic carboxylic acids is 1. The summed E-state index contributed by atoms with van der Waals surface area (Å²) in [5.74, 6) is 0.263. The number of aromatic amines is 1. The van der Waals surface area contributed by atoms with Crippen LogP contribution in [0.25, 0.3) is 0 Å². The third-order valence-corrected chi connectivity index (χ3v) is 4.68. The molecule has 0 saturated carbocycles. The second kappa shape index (κ2) is 7.11. The molecule has 3 N–H and O–H groups in total. The van der Waals surface area contributed by atoms with Gasteiger partial charge in [-0.2, -0.15) is 0 Å². The number of fused-ring (bicyclic) bond motifs is 1. The summed E-state index contributed by atoms with van der Waals surface area (Å²) in [5, 5.41) is 12.1. The maximum absolute atomic E-state index is 12.5. The Bertz CT molecular complexity index is 856. The third-order valence-electron chi connectivity index (χ3n) is 4.68. The molecule has 1 aromatic heterocycles. The first-order valence-corrected chi connectivity index (χ1v) is 8.41. The Balaban J connectivity index is 1.67. The number of benzene rings is 1. The van der Waals surface area contributed by atoms with Crippen molar-refractivity contribution in [2.75, 3.05) is 20.3 Å². The van der Waals surface area contributed by atoms with Crippen LogP contribution in [0.4, 0.5) is 0 Å². The number of methoxy groups -OCH3 is 1. The third kappa shape index (κ3) is 3.24. The zero-order chi connectivity index (χ0) is 18.8. The van der Waals surface area contributed by atoms with Crippen LogP contribution in [-0.4, -0.2) is 42.2 Å². The number of para-hydroxylation sites is 1. The molecule has 3 rings (SSSR count). The van der Waals surface area contributed by atoms with Crippen molar-refractivity contribution in [3.63, 3.8) is 0 Å². The highest BCUT2D eigenvalue weighted by Crippen LogP contribution is 2.35. The van der Waals surface area contributed by atoms with Gasteiger partial charge < -0.3 is 24.9 Å². The number of H-pyrrole nitrogens is 1. The SMILES string of the molecule is COc1cccc2c1OCC(CNC(=O)c1c(C)[nH]c(C(=O)O)c1C)C2. The van der Waals surface area contributed by atoms with E-state index in [-0.39, 0.29) is 17.5 Å². The highest BCUT2D eigenvalue weighted by Gasteiger charge is 2.25. The van der Waals surface area contributed by atoms with Crippen LogP contribution in [0, 0.1) is 19.8 Å². The molecular weight excluding hydrogens is 336 g/mol. The first kappa shape index (κ1) is 17.8. The lowest BCUT2D eigenvalue weighted by Gasteiger charge is -2.26. The molecule has 0 radical (unpaired) electrons. The molecule has 26 heavy (non-hydrogen) atoms. The zero-order valence-electron chi connectivity index (χ0n) is 15.0. The number of nitrogens with one attached hydrogen (secondary N) is 2. The average Bonchev–Trinajstić information content (AvgIpc) is 2.93. The van der Waals surface area contributed by atoms with Gasteiger partial charge in [-0.1, -0.05) is 12.1 Å². The maximum atomic E-state index is 12.5. The highest BCUT2D eigenvalue weighted by molar-refractivity contribution is 6.00. The van der Waals surface area contributed by atoms with Crippen LogP contribution in [0.15, 0.2) is 18.2 Å². The van der Waals surface area contributed by atoms with E-state index in [2.05, 4.69) is 10.3 Å². The largest absolute Gasteiger partial charge is 0.493 e. The minimum absolute atomic E-state index is 0.0506. The first-order valence-electron chi connectivity index (χ1n) is 8.41. The molecule has 1 aliphatic rings. The minimum atomic E-state index is -1.07. The number of amides is 1. The summed E-state index contributed by atoms with van der Waals surface area (Å²) in [5.41, 5.74) is 2.49. The van der Waals surface area contributed by atoms with Crippen LogP contribution in [0.3, 0.4) is 0 Å². The van der Waals surface area contributed by atoms with E-state index < -0.39 is 5.97 Å². The van der Waals surface area contributed by atoms with E-state index in [1.165, 1.54) is 0 Å². The van der Waals surface area contributed by atoms with E-state index in [0.717, 1.165) is 17.7 Å². The predicted molar refractivity (Wildman–Crippen MR) is 95.2 cm³/mol. The number of carboxylic acids is 1. The van der Waals surface area contributed by atoms with Gasteiger partial charge in [-0.15, -0.1) is 0 Å². The second-order valence-corrected chi connectivity index (χ2v) is 6.47. The molecule has 2 aromatic rings. The molecule has 1 aromatic carbocycles. The van der Waals surface area contributed by atoms with Crippen molar-refractivity contribution in [3.8, 4) is 11.5 Å². The van der Waals surface area contributed by atoms with Crippen LogP contribution in [-0.2, 0) is 6.42 Å². The minimum Gasteiger partial charge on any atom is -0.493 e. The standard InChI is InChI=1S/C19H22N2O5/c1-10-15(11(2)21-16(10)19(23)24)18(22)20-8-12-7-13-5-4-6-14(25-3)17(13)26-9-12/h4-6,12,21H,7-9H2,1-3H3,(H,20,22)(H,23,24). The number of hydrogen-bond donors (Lipinski definition) is 3. The summed E-state index contributed by atoms with van der Waals surface area (Å²) in [6.07, 6.45) is 0.776. The fourth-order valence-electron chi connectivity index (χ4n) is 3.38. The van der Waals surface area contributed by atoms with Crippen molar-refractivity contribution in [2.45, 2.75) is 20.3 Å². The summed E-state index contributed by atoms with van der Waals surface area (Å²) in [4.78, 5) is 26.5. The lowest BCUT2D eigenvalue weighted by atomic mass is 9.96. The van der Waals surface area contributed by atoms with Crippen LogP contribution in [0.1, 0.15) is 37.7 Å². The van der Waals surface area contributed by atoms with Crippen molar-refractivity contribution in [2.24, 2.45) is 5.92 Å². The highest BCUT2D eigenvalue weighted by atomic mass is 16.5. The van der Waals surface area contributed by atoms with Gasteiger partial charge >= 0.3 is 5.97 Å². The molecule has 0 fully saturated rings. The summed E-state index contributed by atoms with van der Waals surface area (Å²) < 4.78 is 11.1. The Morgan fingerprint density at radius 3 is 2.81 bits per heavy atom. The van der Waals surface area contributed by atoms with Gasteiger partial charge in [0.25, 0.3) is 5.91 Å². The van der Waals surface area contributed by atoms with Gasteiger partial charge in [0.05, 0.1) is 19.3 Å². The summed E-state index contributed by atoms with van der Waals surface area (Å²) >= 11 is 0. The lowest BCUT2D eigenvalue weighted by molar-refractivity contribution is 0.0690. The fraction of sp³-hybridized carbons (Fsp3) is 0.368. The summed E-state index contributed by atoms with van der Waals surface area (Å²) in [7, 11) is 1.61. The first-order chi connectivity index (χ1) is 12.4. The quantitative estimate of drug-likeness (QED) is 0.761. The van der Waals surface area contributed by atoms with Gasteiger partial charge in [0, 0.05) is 18.2 Å². The Morgan fingerprint density at radius 2 is 2.15 bits per heavy atom. The molecule has 7 heteroatoms. The number of aromatic nitrogens is 1. The topological polar surface area (TPSA) is 101 Å². The lowest BCUT2D eigenvalue weighted by Crippen LogP contribution is -2.35. The smallest absolute Gasteiger partial charge is 0.352 e. The van der Waals surface area contributed by atoms with Crippen LogP contribution in [0.2, 0.25) is 0 Å². The van der Waals surface area contributed by atoms with E-state index >= 15 is 0 Å². The Kier molecular flexibility index (Phi) is 4.88. The second-order valence-electron chi connectivity index (χ2n) is 6.47. The van der Waals surface area contributed by atoms with Crippen LogP contribution < -0.4 is 14.8 Å². The molecule has 1 aliphatic heterocycles. The molecule has 7 nitrogen and oxygen atoms in total. The molecule has 2 heterocycles. The van der Waals surface area contributed by atoms with Crippen molar-refractivity contribution < 1.29 is 24.2 Å². The number of aryl methyl sites for hydroxylation is 1. The van der Waals surface area contributed by atoms with Crippen molar-refractivity contribution >= 4 is 11.9 Å².